The molecule has 0 unspecified atom stereocenters. The van der Waals surface area contributed by atoms with Crippen LogP contribution in [0.2, 0.25) is 0 Å². The number of thioether (sulfide) groups is 1. The van der Waals surface area contributed by atoms with E-state index in [2.05, 4.69) is 28.6 Å². The molecule has 0 aliphatic heterocycles. The van der Waals surface area contributed by atoms with Crippen LogP contribution in [-0.4, -0.2) is 35.4 Å². The molecular formula is C20H22N2O3S2. The van der Waals surface area contributed by atoms with Crippen LogP contribution in [0.25, 0.3) is 10.2 Å². The Morgan fingerprint density at radius 2 is 1.89 bits per heavy atom. The molecule has 0 aliphatic carbocycles. The number of carbonyl (C=O) groups is 1. The van der Waals surface area contributed by atoms with E-state index < -0.39 is 0 Å². The van der Waals surface area contributed by atoms with Gasteiger partial charge in [0.15, 0.2) is 0 Å². The topological polar surface area (TPSA) is 61.3 Å². The SMILES string of the molecule is COC(=O)c1ccc(OCCCSc2nc(C)nc3sc(C)c(C)c23)cc1. The number of esters is 1. The number of fused-ring (bicyclic) bond motifs is 1. The average molecular weight is 403 g/mol. The van der Waals surface area contributed by atoms with E-state index in [0.717, 1.165) is 33.6 Å². The highest BCUT2D eigenvalue weighted by Gasteiger charge is 2.13. The number of methoxy groups -OCH3 is 1. The van der Waals surface area contributed by atoms with Crippen LogP contribution >= 0.6 is 23.1 Å². The van der Waals surface area contributed by atoms with Crippen molar-refractivity contribution in [3.8, 4) is 5.75 Å². The van der Waals surface area contributed by atoms with E-state index in [1.54, 1.807) is 47.4 Å². The minimum absolute atomic E-state index is 0.344. The smallest absolute Gasteiger partial charge is 0.337 e. The highest BCUT2D eigenvalue weighted by molar-refractivity contribution is 7.99. The van der Waals surface area contributed by atoms with Gasteiger partial charge >= 0.3 is 5.97 Å². The second-order valence-electron chi connectivity index (χ2n) is 6.11. The fourth-order valence-electron chi connectivity index (χ4n) is 2.64. The van der Waals surface area contributed by atoms with E-state index in [1.165, 1.54) is 22.9 Å². The second kappa shape index (κ2) is 8.71. The maximum Gasteiger partial charge on any atom is 0.337 e. The lowest BCUT2D eigenvalue weighted by Crippen LogP contribution is -2.02. The molecule has 0 amide bonds. The number of aromatic nitrogens is 2. The third-order valence-corrected chi connectivity index (χ3v) is 6.34. The molecule has 7 heteroatoms. The first-order valence-corrected chi connectivity index (χ1v) is 10.5. The maximum atomic E-state index is 11.4. The summed E-state index contributed by atoms with van der Waals surface area (Å²) in [6, 6.07) is 6.98. The van der Waals surface area contributed by atoms with Gasteiger partial charge in [-0.25, -0.2) is 14.8 Å². The minimum Gasteiger partial charge on any atom is -0.494 e. The molecule has 5 nitrogen and oxygen atoms in total. The predicted molar refractivity (Wildman–Crippen MR) is 110 cm³/mol. The number of benzene rings is 1. The second-order valence-corrected chi connectivity index (χ2v) is 8.39. The lowest BCUT2D eigenvalue weighted by atomic mass is 10.2. The molecule has 2 aromatic heterocycles. The van der Waals surface area contributed by atoms with Crippen molar-refractivity contribution in [3.05, 3.63) is 46.1 Å². The van der Waals surface area contributed by atoms with Crippen LogP contribution in [0.15, 0.2) is 29.3 Å². The van der Waals surface area contributed by atoms with Gasteiger partial charge in [-0.15, -0.1) is 23.1 Å². The molecule has 1 aromatic carbocycles. The third kappa shape index (κ3) is 4.59. The molecule has 2 heterocycles. The van der Waals surface area contributed by atoms with Crippen LogP contribution in [0.4, 0.5) is 0 Å². The molecule has 27 heavy (non-hydrogen) atoms. The van der Waals surface area contributed by atoms with Gasteiger partial charge in [-0.2, -0.15) is 0 Å². The Labute approximate surface area is 167 Å². The van der Waals surface area contributed by atoms with Gasteiger partial charge in [-0.3, -0.25) is 0 Å². The predicted octanol–water partition coefficient (Wildman–Crippen LogP) is 4.96. The van der Waals surface area contributed by atoms with Crippen LogP contribution in [0.1, 0.15) is 33.0 Å². The molecule has 0 spiro atoms. The van der Waals surface area contributed by atoms with Crippen LogP contribution in [0.3, 0.4) is 0 Å². The summed E-state index contributed by atoms with van der Waals surface area (Å²) in [6.45, 7) is 6.82. The number of ether oxygens (including phenoxy) is 2. The lowest BCUT2D eigenvalue weighted by Gasteiger charge is -2.08. The number of rotatable bonds is 7. The third-order valence-electron chi connectivity index (χ3n) is 4.18. The number of nitrogens with zero attached hydrogens (tertiary/aromatic N) is 2. The van der Waals surface area contributed by atoms with Crippen molar-refractivity contribution in [2.75, 3.05) is 19.5 Å². The van der Waals surface area contributed by atoms with Crippen LogP contribution < -0.4 is 4.74 Å². The molecule has 0 saturated heterocycles. The number of aryl methyl sites for hydroxylation is 3. The van der Waals surface area contributed by atoms with Gasteiger partial charge < -0.3 is 9.47 Å². The van der Waals surface area contributed by atoms with Crippen LogP contribution in [0, 0.1) is 20.8 Å². The van der Waals surface area contributed by atoms with Crippen molar-refractivity contribution in [2.24, 2.45) is 0 Å². The van der Waals surface area contributed by atoms with E-state index in [9.17, 15) is 4.79 Å². The fraction of sp³-hybridized carbons (Fsp3) is 0.350. The van der Waals surface area contributed by atoms with E-state index in [4.69, 9.17) is 4.74 Å². The normalized spacial score (nSPS) is 11.0. The average Bonchev–Trinajstić information content (AvgIpc) is 2.94. The summed E-state index contributed by atoms with van der Waals surface area (Å²) >= 11 is 3.48. The van der Waals surface area contributed by atoms with E-state index >= 15 is 0 Å². The van der Waals surface area contributed by atoms with Gasteiger partial charge in [0.1, 0.15) is 21.4 Å². The fourth-order valence-corrected chi connectivity index (χ4v) is 4.83. The van der Waals surface area contributed by atoms with Crippen molar-refractivity contribution in [1.29, 1.82) is 0 Å². The first-order valence-electron chi connectivity index (χ1n) is 8.68. The summed E-state index contributed by atoms with van der Waals surface area (Å²) in [4.78, 5) is 23.0. The maximum absolute atomic E-state index is 11.4. The molecule has 0 aliphatic rings. The number of thiophene rings is 1. The van der Waals surface area contributed by atoms with Gasteiger partial charge in [0.2, 0.25) is 0 Å². The summed E-state index contributed by atoms with van der Waals surface area (Å²) in [5, 5.41) is 2.24. The zero-order chi connectivity index (χ0) is 19.4. The van der Waals surface area contributed by atoms with Gasteiger partial charge in [0.25, 0.3) is 0 Å². The van der Waals surface area contributed by atoms with Crippen molar-refractivity contribution < 1.29 is 14.3 Å². The first-order chi connectivity index (χ1) is 13.0. The Kier molecular flexibility index (Phi) is 6.34. The zero-order valence-electron chi connectivity index (χ0n) is 15.9. The summed E-state index contributed by atoms with van der Waals surface area (Å²) in [5.74, 6) is 2.13. The van der Waals surface area contributed by atoms with Crippen LogP contribution in [-0.2, 0) is 4.74 Å². The molecule has 142 valence electrons. The van der Waals surface area contributed by atoms with Crippen molar-refractivity contribution in [1.82, 2.24) is 9.97 Å². The summed E-state index contributed by atoms with van der Waals surface area (Å²) in [6.07, 6.45) is 0.899. The highest BCUT2D eigenvalue weighted by atomic mass is 32.2. The van der Waals surface area contributed by atoms with Gasteiger partial charge in [-0.05, 0) is 57.0 Å². The quantitative estimate of drug-likeness (QED) is 0.241. The van der Waals surface area contributed by atoms with Crippen molar-refractivity contribution in [3.63, 3.8) is 0 Å². The number of carbonyl (C=O) groups excluding carboxylic acids is 1. The van der Waals surface area contributed by atoms with Crippen molar-refractivity contribution >= 4 is 39.3 Å². The van der Waals surface area contributed by atoms with E-state index in [0.29, 0.717) is 12.2 Å². The molecule has 3 aromatic rings. The van der Waals surface area contributed by atoms with E-state index in [-0.39, 0.29) is 5.97 Å². The Hall–Kier alpha value is -2.12. The highest BCUT2D eigenvalue weighted by Crippen LogP contribution is 2.35. The zero-order valence-corrected chi connectivity index (χ0v) is 17.5. The first kappa shape index (κ1) is 19.6. The molecule has 3 rings (SSSR count). The summed E-state index contributed by atoms with van der Waals surface area (Å²) in [7, 11) is 1.37. The Bertz CT molecular complexity index is 952. The summed E-state index contributed by atoms with van der Waals surface area (Å²) < 4.78 is 10.4. The van der Waals surface area contributed by atoms with Crippen molar-refractivity contribution in [2.45, 2.75) is 32.2 Å². The molecule has 0 N–H and O–H groups in total. The van der Waals surface area contributed by atoms with Gasteiger partial charge in [0, 0.05) is 16.0 Å². The monoisotopic (exact) mass is 402 g/mol. The van der Waals surface area contributed by atoms with Gasteiger partial charge in [-0.1, -0.05) is 0 Å². The Balaban J connectivity index is 1.54. The lowest BCUT2D eigenvalue weighted by molar-refractivity contribution is 0.0600. The van der Waals surface area contributed by atoms with Crippen LogP contribution in [0.5, 0.6) is 5.75 Å². The molecule has 0 fully saturated rings. The Morgan fingerprint density at radius 3 is 2.59 bits per heavy atom. The number of hydrogen-bond donors (Lipinski definition) is 0. The molecule has 0 bridgehead atoms. The largest absolute Gasteiger partial charge is 0.494 e. The number of hydrogen-bond acceptors (Lipinski definition) is 7. The molecule has 0 atom stereocenters. The molecule has 0 saturated carbocycles. The van der Waals surface area contributed by atoms with E-state index in [1.807, 2.05) is 6.92 Å². The Morgan fingerprint density at radius 1 is 1.15 bits per heavy atom. The minimum atomic E-state index is -0.344. The standard InChI is InChI=1S/C20H22N2O3S2/c1-12-13(2)27-19-17(12)18(21-14(3)22-19)26-11-5-10-25-16-8-6-15(7-9-16)20(23)24-4/h6-9H,5,10-11H2,1-4H3. The molecule has 0 radical (unpaired) electrons. The van der Waals surface area contributed by atoms with Gasteiger partial charge in [0.05, 0.1) is 19.3 Å². The molecular weight excluding hydrogens is 380 g/mol. The summed E-state index contributed by atoms with van der Waals surface area (Å²) in [5.41, 5.74) is 1.80.